The third-order valence-corrected chi connectivity index (χ3v) is 2.11. The van der Waals surface area contributed by atoms with Gasteiger partial charge in [0.2, 0.25) is 0 Å². The Morgan fingerprint density at radius 3 is 2.93 bits per heavy atom. The van der Waals surface area contributed by atoms with E-state index in [1.807, 2.05) is 0 Å². The van der Waals surface area contributed by atoms with Crippen molar-refractivity contribution in [2.45, 2.75) is 0 Å². The van der Waals surface area contributed by atoms with E-state index in [2.05, 4.69) is 10.3 Å². The zero-order chi connectivity index (χ0) is 10.1. The molecule has 0 amide bonds. The Morgan fingerprint density at radius 1 is 1.43 bits per heavy atom. The van der Waals surface area contributed by atoms with Gasteiger partial charge in [0.15, 0.2) is 0 Å². The third kappa shape index (κ3) is 1.25. The van der Waals surface area contributed by atoms with E-state index in [4.69, 9.17) is 5.73 Å². The first kappa shape index (κ1) is 8.74. The lowest BCUT2D eigenvalue weighted by atomic mass is 10.1. The minimum Gasteiger partial charge on any atom is -0.396 e. The van der Waals surface area contributed by atoms with Crippen LogP contribution in [-0.2, 0) is 0 Å². The molecule has 3 nitrogen and oxygen atoms in total. The van der Waals surface area contributed by atoms with Crippen molar-refractivity contribution < 1.29 is 4.39 Å². The molecular formula is C10H10FN3. The Morgan fingerprint density at radius 2 is 2.21 bits per heavy atom. The summed E-state index contributed by atoms with van der Waals surface area (Å²) in [7, 11) is 1.75. The summed E-state index contributed by atoms with van der Waals surface area (Å²) in [5, 5.41) is 3.64. The molecule has 0 saturated carbocycles. The number of benzene rings is 1. The summed E-state index contributed by atoms with van der Waals surface area (Å²) in [5.41, 5.74) is 7.66. The maximum absolute atomic E-state index is 13.0. The Balaban J connectivity index is 2.84. The van der Waals surface area contributed by atoms with E-state index >= 15 is 0 Å². The van der Waals surface area contributed by atoms with Crippen LogP contribution >= 0.6 is 0 Å². The molecule has 4 heteroatoms. The van der Waals surface area contributed by atoms with Crippen LogP contribution < -0.4 is 11.1 Å². The van der Waals surface area contributed by atoms with Crippen LogP contribution in [0.15, 0.2) is 24.4 Å². The van der Waals surface area contributed by atoms with Gasteiger partial charge in [-0.3, -0.25) is 4.98 Å². The van der Waals surface area contributed by atoms with Gasteiger partial charge in [-0.05, 0) is 18.2 Å². The highest BCUT2D eigenvalue weighted by atomic mass is 19.1. The number of fused-ring (bicyclic) bond motifs is 1. The van der Waals surface area contributed by atoms with Gasteiger partial charge in [-0.25, -0.2) is 4.39 Å². The number of hydrogen-bond donors (Lipinski definition) is 2. The zero-order valence-electron chi connectivity index (χ0n) is 7.71. The number of nitrogens with two attached hydrogens (primary N) is 1. The van der Waals surface area contributed by atoms with Crippen molar-refractivity contribution in [3.8, 4) is 0 Å². The number of anilines is 2. The van der Waals surface area contributed by atoms with Crippen LogP contribution in [0.5, 0.6) is 0 Å². The maximum atomic E-state index is 13.0. The van der Waals surface area contributed by atoms with Crippen molar-refractivity contribution in [3.63, 3.8) is 0 Å². The van der Waals surface area contributed by atoms with Crippen molar-refractivity contribution in [2.75, 3.05) is 18.1 Å². The second kappa shape index (κ2) is 3.14. The number of halogens is 1. The standard InChI is InChI=1S/C10H10FN3/c1-13-10-7-4-6(11)2-3-9(7)14-5-8(10)12/h2-5H,12H2,1H3,(H,13,14). The SMILES string of the molecule is CNc1c(N)cnc2ccc(F)cc12. The summed E-state index contributed by atoms with van der Waals surface area (Å²) in [6.45, 7) is 0. The molecule has 3 N–H and O–H groups in total. The fourth-order valence-electron chi connectivity index (χ4n) is 1.46. The van der Waals surface area contributed by atoms with Crippen LogP contribution in [0.2, 0.25) is 0 Å². The lowest BCUT2D eigenvalue weighted by Gasteiger charge is -2.08. The van der Waals surface area contributed by atoms with Crippen molar-refractivity contribution in [3.05, 3.63) is 30.2 Å². The molecule has 14 heavy (non-hydrogen) atoms. The first-order valence-electron chi connectivity index (χ1n) is 4.24. The molecule has 0 aliphatic carbocycles. The number of nitrogens with zero attached hydrogens (tertiary/aromatic N) is 1. The fraction of sp³-hybridized carbons (Fsp3) is 0.100. The maximum Gasteiger partial charge on any atom is 0.124 e. The quantitative estimate of drug-likeness (QED) is 0.724. The molecule has 0 aliphatic rings. The number of rotatable bonds is 1. The zero-order valence-corrected chi connectivity index (χ0v) is 7.71. The van der Waals surface area contributed by atoms with Gasteiger partial charge in [0.1, 0.15) is 5.82 Å². The van der Waals surface area contributed by atoms with E-state index in [0.29, 0.717) is 11.1 Å². The largest absolute Gasteiger partial charge is 0.396 e. The van der Waals surface area contributed by atoms with Gasteiger partial charge >= 0.3 is 0 Å². The number of nitrogen functional groups attached to an aromatic ring is 1. The highest BCUT2D eigenvalue weighted by molar-refractivity contribution is 5.96. The molecule has 72 valence electrons. The molecule has 1 aromatic heterocycles. The van der Waals surface area contributed by atoms with E-state index in [9.17, 15) is 4.39 Å². The number of pyridine rings is 1. The van der Waals surface area contributed by atoms with E-state index in [1.54, 1.807) is 19.3 Å². The molecule has 0 bridgehead atoms. The molecule has 0 atom stereocenters. The molecule has 0 spiro atoms. The van der Waals surface area contributed by atoms with Crippen molar-refractivity contribution >= 4 is 22.3 Å². The monoisotopic (exact) mass is 191 g/mol. The molecule has 0 unspecified atom stereocenters. The van der Waals surface area contributed by atoms with Gasteiger partial charge in [-0.1, -0.05) is 0 Å². The Bertz CT molecular complexity index is 477. The topological polar surface area (TPSA) is 50.9 Å². The minimum atomic E-state index is -0.290. The summed E-state index contributed by atoms with van der Waals surface area (Å²) in [6, 6.07) is 4.43. The van der Waals surface area contributed by atoms with Crippen LogP contribution in [0.4, 0.5) is 15.8 Å². The summed E-state index contributed by atoms with van der Waals surface area (Å²) in [5.74, 6) is -0.290. The van der Waals surface area contributed by atoms with Crippen molar-refractivity contribution in [1.82, 2.24) is 4.98 Å². The number of nitrogens with one attached hydrogen (secondary N) is 1. The molecule has 2 aromatic rings. The summed E-state index contributed by atoms with van der Waals surface area (Å²) in [4.78, 5) is 4.10. The smallest absolute Gasteiger partial charge is 0.124 e. The van der Waals surface area contributed by atoms with Crippen LogP contribution in [-0.4, -0.2) is 12.0 Å². The van der Waals surface area contributed by atoms with Gasteiger partial charge in [-0.2, -0.15) is 0 Å². The highest BCUT2D eigenvalue weighted by Gasteiger charge is 2.05. The second-order valence-electron chi connectivity index (χ2n) is 3.00. The second-order valence-corrected chi connectivity index (χ2v) is 3.00. The molecule has 0 fully saturated rings. The Hall–Kier alpha value is -1.84. The van der Waals surface area contributed by atoms with E-state index in [0.717, 1.165) is 11.2 Å². The summed E-state index contributed by atoms with van der Waals surface area (Å²) >= 11 is 0. The first-order valence-corrected chi connectivity index (χ1v) is 4.24. The number of hydrogen-bond acceptors (Lipinski definition) is 3. The van der Waals surface area contributed by atoms with Gasteiger partial charge in [0, 0.05) is 12.4 Å². The third-order valence-electron chi connectivity index (χ3n) is 2.11. The van der Waals surface area contributed by atoms with E-state index in [1.165, 1.54) is 12.1 Å². The van der Waals surface area contributed by atoms with E-state index in [-0.39, 0.29) is 5.82 Å². The predicted molar refractivity (Wildman–Crippen MR) is 55.7 cm³/mol. The van der Waals surface area contributed by atoms with Crippen LogP contribution in [0, 0.1) is 5.82 Å². The summed E-state index contributed by atoms with van der Waals surface area (Å²) in [6.07, 6.45) is 1.56. The Kier molecular flexibility index (Phi) is 1.96. The molecule has 0 radical (unpaired) electrons. The lowest BCUT2D eigenvalue weighted by molar-refractivity contribution is 0.629. The van der Waals surface area contributed by atoms with Crippen LogP contribution in [0.25, 0.3) is 10.9 Å². The molecule has 1 heterocycles. The molecular weight excluding hydrogens is 181 g/mol. The van der Waals surface area contributed by atoms with Crippen LogP contribution in [0.3, 0.4) is 0 Å². The minimum absolute atomic E-state index is 0.290. The molecule has 2 rings (SSSR count). The van der Waals surface area contributed by atoms with Crippen LogP contribution in [0.1, 0.15) is 0 Å². The first-order chi connectivity index (χ1) is 6.72. The number of aromatic nitrogens is 1. The van der Waals surface area contributed by atoms with Gasteiger partial charge in [0.05, 0.1) is 23.1 Å². The van der Waals surface area contributed by atoms with E-state index < -0.39 is 0 Å². The fourth-order valence-corrected chi connectivity index (χ4v) is 1.46. The lowest BCUT2D eigenvalue weighted by Crippen LogP contribution is -1.98. The van der Waals surface area contributed by atoms with Gasteiger partial charge in [0.25, 0.3) is 0 Å². The Labute approximate surface area is 80.8 Å². The molecule has 1 aromatic carbocycles. The van der Waals surface area contributed by atoms with Crippen molar-refractivity contribution in [2.24, 2.45) is 0 Å². The molecule has 0 aliphatic heterocycles. The highest BCUT2D eigenvalue weighted by Crippen LogP contribution is 2.27. The van der Waals surface area contributed by atoms with Crippen molar-refractivity contribution in [1.29, 1.82) is 0 Å². The van der Waals surface area contributed by atoms with Gasteiger partial charge < -0.3 is 11.1 Å². The van der Waals surface area contributed by atoms with Gasteiger partial charge in [-0.15, -0.1) is 0 Å². The molecule has 0 saturated heterocycles. The average Bonchev–Trinajstić information content (AvgIpc) is 2.17. The predicted octanol–water partition coefficient (Wildman–Crippen LogP) is 2.00. The normalized spacial score (nSPS) is 10.4. The average molecular weight is 191 g/mol. The summed E-state index contributed by atoms with van der Waals surface area (Å²) < 4.78 is 13.0.